The van der Waals surface area contributed by atoms with Crippen LogP contribution in [-0.4, -0.2) is 89.2 Å². The normalized spacial score (nSPS) is 18.2. The number of ether oxygens (including phenoxy) is 5. The van der Waals surface area contributed by atoms with E-state index < -0.39 is 67.3 Å². The third-order valence-corrected chi connectivity index (χ3v) is 14.7. The van der Waals surface area contributed by atoms with Crippen molar-refractivity contribution >= 4 is 23.9 Å². The minimum Gasteiger partial charge on any atom is -0.479 e. The van der Waals surface area contributed by atoms with Gasteiger partial charge in [0.2, 0.25) is 0 Å². The van der Waals surface area contributed by atoms with Crippen LogP contribution in [0.2, 0.25) is 0 Å². The molecule has 6 unspecified atom stereocenters. The molecule has 3 N–H and O–H groups in total. The Hall–Kier alpha value is -3.06. The lowest BCUT2D eigenvalue weighted by Gasteiger charge is -2.40. The number of unbranched alkanes of at least 4 members (excludes halogenated alkanes) is 35. The van der Waals surface area contributed by atoms with Crippen molar-refractivity contribution in [3.63, 3.8) is 0 Å². The van der Waals surface area contributed by atoms with E-state index in [-0.39, 0.29) is 25.9 Å². The van der Waals surface area contributed by atoms with Gasteiger partial charge in [0.1, 0.15) is 18.8 Å². The lowest BCUT2D eigenvalue weighted by Crippen LogP contribution is -2.61. The molecule has 0 amide bonds. The number of carbonyl (C=O) groups is 4. The zero-order valence-electron chi connectivity index (χ0n) is 49.5. The Kier molecular flexibility index (Phi) is 50.1. The SMILES string of the molecule is CC/C=C\C/C=C\C/C=C\CCCCCCCC(=O)OCC(COC1OC(C(=O)O)C(O)C(O)C1OC(=O)CCCCCCCCCCCCCCCCCCC)OC(=O)CCCCCCCCCCCCCCCCC. The Labute approximate surface area is 470 Å². The average molecular weight is 1090 g/mol. The van der Waals surface area contributed by atoms with Crippen LogP contribution in [0.4, 0.5) is 0 Å². The van der Waals surface area contributed by atoms with Crippen LogP contribution in [0.15, 0.2) is 36.5 Å². The molecule has 1 rings (SSSR count). The van der Waals surface area contributed by atoms with Crippen molar-refractivity contribution in [3.8, 4) is 0 Å². The molecule has 12 nitrogen and oxygen atoms in total. The number of carboxylic acids is 1. The first kappa shape index (κ1) is 72.0. The number of carbonyl (C=O) groups excluding carboxylic acids is 3. The molecule has 0 aliphatic carbocycles. The molecule has 0 aromatic heterocycles. The van der Waals surface area contributed by atoms with Gasteiger partial charge >= 0.3 is 23.9 Å². The van der Waals surface area contributed by atoms with Crippen molar-refractivity contribution in [2.45, 2.75) is 340 Å². The van der Waals surface area contributed by atoms with E-state index in [1.807, 2.05) is 0 Å². The second-order valence-electron chi connectivity index (χ2n) is 22.0. The van der Waals surface area contributed by atoms with E-state index in [0.29, 0.717) is 19.3 Å². The fourth-order valence-corrected chi connectivity index (χ4v) is 9.86. The van der Waals surface area contributed by atoms with E-state index in [2.05, 4.69) is 57.2 Å². The third kappa shape index (κ3) is 43.4. The van der Waals surface area contributed by atoms with Crippen LogP contribution in [0.3, 0.4) is 0 Å². The Morgan fingerprint density at radius 1 is 0.442 bits per heavy atom. The number of esters is 3. The van der Waals surface area contributed by atoms with Gasteiger partial charge in [0.25, 0.3) is 0 Å². The number of aliphatic hydroxyl groups is 2. The number of aliphatic carboxylic acids is 1. The predicted octanol–water partition coefficient (Wildman–Crippen LogP) is 16.8. The molecule has 1 aliphatic heterocycles. The molecule has 448 valence electrons. The topological polar surface area (TPSA) is 175 Å². The number of hydrogen-bond acceptors (Lipinski definition) is 11. The second-order valence-corrected chi connectivity index (χ2v) is 22.0. The number of allylic oxidation sites excluding steroid dienone is 6. The fourth-order valence-electron chi connectivity index (χ4n) is 9.86. The van der Waals surface area contributed by atoms with Crippen LogP contribution in [-0.2, 0) is 42.9 Å². The van der Waals surface area contributed by atoms with Gasteiger partial charge in [-0.1, -0.05) is 269 Å². The molecule has 0 spiro atoms. The van der Waals surface area contributed by atoms with Gasteiger partial charge in [-0.15, -0.1) is 0 Å². The lowest BCUT2D eigenvalue weighted by atomic mass is 9.98. The molecular formula is C65H116O12. The van der Waals surface area contributed by atoms with Crippen LogP contribution in [0.5, 0.6) is 0 Å². The van der Waals surface area contributed by atoms with Gasteiger partial charge in [-0.05, 0) is 51.4 Å². The molecule has 1 saturated heterocycles. The molecule has 0 aromatic rings. The minimum absolute atomic E-state index is 0.0651. The van der Waals surface area contributed by atoms with Gasteiger partial charge in [0.05, 0.1) is 6.61 Å². The third-order valence-electron chi connectivity index (χ3n) is 14.7. The van der Waals surface area contributed by atoms with Crippen molar-refractivity contribution in [2.24, 2.45) is 0 Å². The Bertz CT molecular complexity index is 1480. The van der Waals surface area contributed by atoms with E-state index in [9.17, 15) is 34.5 Å². The first-order valence-electron chi connectivity index (χ1n) is 32.0. The second kappa shape index (κ2) is 53.6. The highest BCUT2D eigenvalue weighted by Crippen LogP contribution is 2.27. The monoisotopic (exact) mass is 1090 g/mol. The van der Waals surface area contributed by atoms with Crippen LogP contribution in [0.1, 0.15) is 303 Å². The van der Waals surface area contributed by atoms with Crippen LogP contribution < -0.4 is 0 Å². The summed E-state index contributed by atoms with van der Waals surface area (Å²) in [6, 6.07) is 0. The van der Waals surface area contributed by atoms with Crippen molar-refractivity contribution in [2.75, 3.05) is 13.2 Å². The zero-order valence-corrected chi connectivity index (χ0v) is 49.5. The Morgan fingerprint density at radius 2 is 0.818 bits per heavy atom. The minimum atomic E-state index is -1.90. The van der Waals surface area contributed by atoms with Crippen molar-refractivity contribution in [1.29, 1.82) is 0 Å². The summed E-state index contributed by atoms with van der Waals surface area (Å²) in [5.41, 5.74) is 0. The van der Waals surface area contributed by atoms with E-state index in [4.69, 9.17) is 23.7 Å². The summed E-state index contributed by atoms with van der Waals surface area (Å²) in [5.74, 6) is -3.11. The number of hydrogen-bond donors (Lipinski definition) is 3. The van der Waals surface area contributed by atoms with Crippen molar-refractivity contribution < 1.29 is 58.2 Å². The number of aliphatic hydroxyl groups excluding tert-OH is 2. The quantitative estimate of drug-likeness (QED) is 0.0228. The standard InChI is InChI=1S/C65H116O12/c1-4-7-10-13-16-19-22-25-28-29-32-35-38-41-44-47-50-53-59(68)76-63-61(70)60(69)62(64(71)72)77-65(63)74-55-56(75-58(67)52-49-46-43-40-37-34-31-27-24-21-18-15-12-9-6-3)54-73-57(66)51-48-45-42-39-36-33-30-26-23-20-17-14-11-8-5-2/h8,11,17,20,26,30,56,60-63,65,69-70H,4-7,9-10,12-16,18-19,21-25,27-29,31-55H2,1-3H3,(H,71,72)/b11-8-,20-17-,30-26-. The largest absolute Gasteiger partial charge is 0.479 e. The summed E-state index contributed by atoms with van der Waals surface area (Å²) in [6.07, 6.45) is 51.0. The van der Waals surface area contributed by atoms with E-state index in [0.717, 1.165) is 89.9 Å². The Morgan fingerprint density at radius 3 is 1.25 bits per heavy atom. The van der Waals surface area contributed by atoms with E-state index >= 15 is 0 Å². The molecule has 12 heteroatoms. The molecule has 1 aliphatic rings. The molecule has 0 aromatic carbocycles. The summed E-state index contributed by atoms with van der Waals surface area (Å²) in [5, 5.41) is 31.6. The maximum absolute atomic E-state index is 13.2. The lowest BCUT2D eigenvalue weighted by molar-refractivity contribution is -0.301. The maximum Gasteiger partial charge on any atom is 0.335 e. The fraction of sp³-hybridized carbons (Fsp3) is 0.846. The molecule has 6 atom stereocenters. The molecule has 0 saturated carbocycles. The highest BCUT2D eigenvalue weighted by atomic mass is 16.7. The van der Waals surface area contributed by atoms with Gasteiger partial charge in [0.15, 0.2) is 24.6 Å². The first-order chi connectivity index (χ1) is 37.6. The predicted molar refractivity (Wildman–Crippen MR) is 313 cm³/mol. The highest BCUT2D eigenvalue weighted by Gasteiger charge is 2.50. The van der Waals surface area contributed by atoms with Gasteiger partial charge < -0.3 is 39.0 Å². The van der Waals surface area contributed by atoms with Crippen LogP contribution in [0, 0.1) is 0 Å². The van der Waals surface area contributed by atoms with Crippen LogP contribution in [0.25, 0.3) is 0 Å². The van der Waals surface area contributed by atoms with Crippen molar-refractivity contribution in [1.82, 2.24) is 0 Å². The van der Waals surface area contributed by atoms with E-state index in [1.54, 1.807) is 0 Å². The van der Waals surface area contributed by atoms with Crippen molar-refractivity contribution in [3.05, 3.63) is 36.5 Å². The highest BCUT2D eigenvalue weighted by molar-refractivity contribution is 5.74. The summed E-state index contributed by atoms with van der Waals surface area (Å²) in [6.45, 7) is 5.92. The van der Waals surface area contributed by atoms with Gasteiger partial charge in [-0.3, -0.25) is 14.4 Å². The number of rotatable bonds is 55. The molecule has 1 fully saturated rings. The summed E-state index contributed by atoms with van der Waals surface area (Å²) in [4.78, 5) is 51.2. The average Bonchev–Trinajstić information content (AvgIpc) is 3.42. The summed E-state index contributed by atoms with van der Waals surface area (Å²) < 4.78 is 28.5. The van der Waals surface area contributed by atoms with Gasteiger partial charge in [-0.25, -0.2) is 4.79 Å². The van der Waals surface area contributed by atoms with E-state index in [1.165, 1.54) is 154 Å². The Balaban J connectivity index is 2.65. The maximum atomic E-state index is 13.2. The molecule has 0 bridgehead atoms. The van der Waals surface area contributed by atoms with Gasteiger partial charge in [0, 0.05) is 19.3 Å². The smallest absolute Gasteiger partial charge is 0.335 e. The molecular weight excluding hydrogens is 973 g/mol. The number of carboxylic acid groups (broad SMARTS) is 1. The molecule has 77 heavy (non-hydrogen) atoms. The molecule has 1 heterocycles. The summed E-state index contributed by atoms with van der Waals surface area (Å²) >= 11 is 0. The van der Waals surface area contributed by atoms with Crippen LogP contribution >= 0.6 is 0 Å². The summed E-state index contributed by atoms with van der Waals surface area (Å²) in [7, 11) is 0. The van der Waals surface area contributed by atoms with Gasteiger partial charge in [-0.2, -0.15) is 0 Å². The molecule has 0 radical (unpaired) electrons. The zero-order chi connectivity index (χ0) is 56.1. The first-order valence-corrected chi connectivity index (χ1v) is 32.0.